The first kappa shape index (κ1) is 17.6. The first-order valence-corrected chi connectivity index (χ1v) is 7.35. The number of benzene rings is 1. The average molecular weight is 366 g/mol. The van der Waals surface area contributed by atoms with E-state index in [9.17, 15) is 35.9 Å². The van der Waals surface area contributed by atoms with Crippen LogP contribution in [0, 0.1) is 0 Å². The van der Waals surface area contributed by atoms with Crippen LogP contribution in [0.4, 0.5) is 26.3 Å². The molecule has 2 amide bonds. The number of carbonyl (C=O) groups excluding carboxylic acids is 2. The predicted molar refractivity (Wildman–Crippen MR) is 72.6 cm³/mol. The summed E-state index contributed by atoms with van der Waals surface area (Å²) in [5.41, 5.74) is -0.717. The Bertz CT molecular complexity index is 728. The van der Waals surface area contributed by atoms with Crippen LogP contribution in [0.5, 0.6) is 0 Å². The van der Waals surface area contributed by atoms with E-state index in [-0.39, 0.29) is 31.6 Å². The molecule has 0 aromatic heterocycles. The SMILES string of the molecule is O=C1c2cc(C(F)(F)F)ccc2C[C@@H]2CN(C(=O)C(F)(F)F)CCN12. The molecule has 0 spiro atoms. The summed E-state index contributed by atoms with van der Waals surface area (Å²) < 4.78 is 76.0. The van der Waals surface area contributed by atoms with Gasteiger partial charge in [-0.15, -0.1) is 0 Å². The van der Waals surface area contributed by atoms with Crippen molar-refractivity contribution in [1.82, 2.24) is 9.80 Å². The van der Waals surface area contributed by atoms with Crippen LogP contribution < -0.4 is 0 Å². The third-order valence-electron chi connectivity index (χ3n) is 4.40. The zero-order chi connectivity index (χ0) is 18.6. The highest BCUT2D eigenvalue weighted by Gasteiger charge is 2.46. The Balaban J connectivity index is 1.86. The van der Waals surface area contributed by atoms with E-state index in [0.717, 1.165) is 18.2 Å². The smallest absolute Gasteiger partial charge is 0.332 e. The van der Waals surface area contributed by atoms with Crippen molar-refractivity contribution in [3.05, 3.63) is 34.9 Å². The lowest BCUT2D eigenvalue weighted by molar-refractivity contribution is -0.187. The minimum atomic E-state index is -5.00. The van der Waals surface area contributed by atoms with E-state index in [1.165, 1.54) is 4.90 Å². The van der Waals surface area contributed by atoms with E-state index < -0.39 is 35.8 Å². The molecule has 0 radical (unpaired) electrons. The van der Waals surface area contributed by atoms with E-state index in [2.05, 4.69) is 0 Å². The fraction of sp³-hybridized carbons (Fsp3) is 0.467. The molecule has 0 aliphatic carbocycles. The Morgan fingerprint density at radius 2 is 1.76 bits per heavy atom. The van der Waals surface area contributed by atoms with Gasteiger partial charge in [0.05, 0.1) is 11.6 Å². The van der Waals surface area contributed by atoms with E-state index in [0.29, 0.717) is 10.5 Å². The van der Waals surface area contributed by atoms with E-state index >= 15 is 0 Å². The van der Waals surface area contributed by atoms with Crippen molar-refractivity contribution >= 4 is 11.8 Å². The highest BCUT2D eigenvalue weighted by atomic mass is 19.4. The van der Waals surface area contributed by atoms with Crippen LogP contribution in [-0.4, -0.2) is 53.5 Å². The van der Waals surface area contributed by atoms with Gasteiger partial charge >= 0.3 is 18.3 Å². The molecule has 25 heavy (non-hydrogen) atoms. The maximum Gasteiger partial charge on any atom is 0.471 e. The van der Waals surface area contributed by atoms with Gasteiger partial charge in [0.2, 0.25) is 0 Å². The number of fused-ring (bicyclic) bond motifs is 2. The van der Waals surface area contributed by atoms with E-state index in [1.807, 2.05) is 0 Å². The summed E-state index contributed by atoms with van der Waals surface area (Å²) >= 11 is 0. The van der Waals surface area contributed by atoms with Gasteiger partial charge in [-0.3, -0.25) is 9.59 Å². The molecule has 0 saturated carbocycles. The molecule has 2 heterocycles. The summed E-state index contributed by atoms with van der Waals surface area (Å²) in [5, 5.41) is 0. The van der Waals surface area contributed by atoms with Gasteiger partial charge in [-0.2, -0.15) is 26.3 Å². The Morgan fingerprint density at radius 3 is 2.36 bits per heavy atom. The van der Waals surface area contributed by atoms with Crippen LogP contribution in [-0.2, 0) is 17.4 Å². The second kappa shape index (κ2) is 5.63. The van der Waals surface area contributed by atoms with Crippen LogP contribution in [0.25, 0.3) is 0 Å². The molecule has 0 bridgehead atoms. The monoisotopic (exact) mass is 366 g/mol. The Labute approximate surface area is 138 Å². The number of alkyl halides is 6. The maximum atomic E-state index is 12.8. The largest absolute Gasteiger partial charge is 0.471 e. The fourth-order valence-corrected chi connectivity index (χ4v) is 3.20. The normalized spacial score (nSPS) is 21.0. The van der Waals surface area contributed by atoms with Crippen LogP contribution in [0.2, 0.25) is 0 Å². The third kappa shape index (κ3) is 3.16. The Hall–Kier alpha value is -2.26. The molecular formula is C15H12F6N2O2. The number of halogens is 6. The van der Waals surface area contributed by atoms with Gasteiger partial charge in [0.15, 0.2) is 0 Å². The second-order valence-corrected chi connectivity index (χ2v) is 5.98. The molecule has 4 nitrogen and oxygen atoms in total. The van der Waals surface area contributed by atoms with Gasteiger partial charge in [-0.1, -0.05) is 6.07 Å². The van der Waals surface area contributed by atoms with Gasteiger partial charge in [0.1, 0.15) is 0 Å². The average Bonchev–Trinajstić information content (AvgIpc) is 2.51. The molecule has 1 saturated heterocycles. The molecule has 1 atom stereocenters. The fourth-order valence-electron chi connectivity index (χ4n) is 3.20. The molecule has 2 aliphatic rings. The highest BCUT2D eigenvalue weighted by Crippen LogP contribution is 2.34. The predicted octanol–water partition coefficient (Wildman–Crippen LogP) is 2.48. The number of amides is 2. The first-order valence-electron chi connectivity index (χ1n) is 7.35. The molecule has 1 aromatic rings. The molecular weight excluding hydrogens is 354 g/mol. The summed E-state index contributed by atoms with van der Waals surface area (Å²) in [5.74, 6) is -2.63. The van der Waals surface area contributed by atoms with Crippen molar-refractivity contribution in [2.24, 2.45) is 0 Å². The maximum absolute atomic E-state index is 12.8. The topological polar surface area (TPSA) is 40.6 Å². The lowest BCUT2D eigenvalue weighted by Gasteiger charge is -2.44. The lowest BCUT2D eigenvalue weighted by atomic mass is 9.90. The van der Waals surface area contributed by atoms with E-state index in [1.54, 1.807) is 0 Å². The van der Waals surface area contributed by atoms with Crippen molar-refractivity contribution in [2.45, 2.75) is 24.8 Å². The number of hydrogen-bond donors (Lipinski definition) is 0. The molecule has 2 aliphatic heterocycles. The summed E-state index contributed by atoms with van der Waals surface area (Å²) in [6.07, 6.45) is -9.49. The van der Waals surface area contributed by atoms with Crippen molar-refractivity contribution in [1.29, 1.82) is 0 Å². The molecule has 1 aromatic carbocycles. The summed E-state index contributed by atoms with van der Waals surface area (Å²) in [7, 11) is 0. The third-order valence-corrected chi connectivity index (χ3v) is 4.40. The summed E-state index contributed by atoms with van der Waals surface area (Å²) in [6, 6.07) is 2.08. The standard InChI is InChI=1S/C15H12F6N2O2/c16-14(17,18)9-2-1-8-5-10-7-22(13(25)15(19,20)21)3-4-23(10)12(24)11(8)6-9/h1-2,6,10H,3-5,7H2/t10-/m1/s1. The number of piperazine rings is 1. The van der Waals surface area contributed by atoms with Crippen LogP contribution in [0.3, 0.4) is 0 Å². The van der Waals surface area contributed by atoms with Gasteiger partial charge in [-0.25, -0.2) is 0 Å². The van der Waals surface area contributed by atoms with Gasteiger partial charge < -0.3 is 9.80 Å². The van der Waals surface area contributed by atoms with E-state index in [4.69, 9.17) is 0 Å². The zero-order valence-electron chi connectivity index (χ0n) is 12.6. The second-order valence-electron chi connectivity index (χ2n) is 5.98. The van der Waals surface area contributed by atoms with Crippen molar-refractivity contribution in [3.8, 4) is 0 Å². The molecule has 0 N–H and O–H groups in total. The Kier molecular flexibility index (Phi) is 3.96. The first-order chi connectivity index (χ1) is 11.5. The summed E-state index contributed by atoms with van der Waals surface area (Å²) in [6.45, 7) is -0.763. The molecule has 136 valence electrons. The lowest BCUT2D eigenvalue weighted by Crippen LogP contribution is -2.60. The van der Waals surface area contributed by atoms with Crippen LogP contribution >= 0.6 is 0 Å². The minimum Gasteiger partial charge on any atom is -0.332 e. The van der Waals surface area contributed by atoms with Gasteiger partial charge in [0.25, 0.3) is 5.91 Å². The minimum absolute atomic E-state index is 0.0957. The Morgan fingerprint density at radius 1 is 1.08 bits per heavy atom. The number of rotatable bonds is 0. The molecule has 10 heteroatoms. The molecule has 3 rings (SSSR count). The van der Waals surface area contributed by atoms with Crippen LogP contribution in [0.1, 0.15) is 21.5 Å². The van der Waals surface area contributed by atoms with Gasteiger partial charge in [-0.05, 0) is 24.1 Å². The molecule has 0 unspecified atom stereocenters. The number of hydrogen-bond acceptors (Lipinski definition) is 2. The number of nitrogens with zero attached hydrogens (tertiary/aromatic N) is 2. The summed E-state index contributed by atoms with van der Waals surface area (Å²) in [4.78, 5) is 25.7. The molecule has 1 fully saturated rings. The van der Waals surface area contributed by atoms with Crippen molar-refractivity contribution in [2.75, 3.05) is 19.6 Å². The quantitative estimate of drug-likeness (QED) is 0.662. The van der Waals surface area contributed by atoms with Gasteiger partial charge in [0, 0.05) is 25.2 Å². The van der Waals surface area contributed by atoms with Crippen LogP contribution in [0.15, 0.2) is 18.2 Å². The zero-order valence-corrected chi connectivity index (χ0v) is 12.6. The van der Waals surface area contributed by atoms with Crippen molar-refractivity contribution in [3.63, 3.8) is 0 Å². The number of carbonyl (C=O) groups is 2. The highest BCUT2D eigenvalue weighted by molar-refractivity contribution is 5.97. The van der Waals surface area contributed by atoms with Crippen molar-refractivity contribution < 1.29 is 35.9 Å².